The summed E-state index contributed by atoms with van der Waals surface area (Å²) in [7, 11) is 0. The van der Waals surface area contributed by atoms with E-state index in [0.717, 1.165) is 15.0 Å². The van der Waals surface area contributed by atoms with Crippen molar-refractivity contribution in [3.05, 3.63) is 68.7 Å². The Morgan fingerprint density at radius 2 is 2.13 bits per heavy atom. The molecule has 0 bridgehead atoms. The number of benzene rings is 1. The molecule has 0 spiro atoms. The molecule has 12 heteroatoms. The summed E-state index contributed by atoms with van der Waals surface area (Å²) in [5, 5.41) is 25.5. The summed E-state index contributed by atoms with van der Waals surface area (Å²) < 4.78 is 2.39. The number of nitrogens with two attached hydrogens (primary N) is 1. The van der Waals surface area contributed by atoms with Crippen molar-refractivity contribution in [2.75, 3.05) is 0 Å². The standard InChI is InChI=1S/C19H15N7O3S2/c20-17(28)11-8-30-18-16(11)19(29)25(9-21-18)7-15-22-24-26(23-15)6-12(27)14-5-10-3-1-2-4-13(10)31-14/h1-5,8-9,12,27H,6-7H2,(H2,20,28)/t12-/m0/s1. The third kappa shape index (κ3) is 3.60. The number of rotatable bonds is 6. The fraction of sp³-hybridized carbons (Fsp3) is 0.158. The molecule has 1 atom stereocenters. The van der Waals surface area contributed by atoms with Crippen LogP contribution >= 0.6 is 22.7 Å². The molecule has 5 rings (SSSR count). The predicted molar refractivity (Wildman–Crippen MR) is 116 cm³/mol. The van der Waals surface area contributed by atoms with Crippen molar-refractivity contribution in [3.63, 3.8) is 0 Å². The first-order valence-corrected chi connectivity index (χ1v) is 10.9. The van der Waals surface area contributed by atoms with Crippen molar-refractivity contribution in [2.45, 2.75) is 19.2 Å². The highest BCUT2D eigenvalue weighted by Crippen LogP contribution is 2.30. The zero-order valence-electron chi connectivity index (χ0n) is 15.9. The zero-order chi connectivity index (χ0) is 21.5. The van der Waals surface area contributed by atoms with Gasteiger partial charge >= 0.3 is 0 Å². The Bertz CT molecular complexity index is 1450. The Labute approximate surface area is 182 Å². The summed E-state index contributed by atoms with van der Waals surface area (Å²) in [6, 6.07) is 9.85. The highest BCUT2D eigenvalue weighted by molar-refractivity contribution is 7.19. The van der Waals surface area contributed by atoms with Crippen molar-refractivity contribution in [2.24, 2.45) is 5.73 Å². The van der Waals surface area contributed by atoms with Gasteiger partial charge in [-0.3, -0.25) is 14.2 Å². The molecule has 0 unspecified atom stereocenters. The fourth-order valence-electron chi connectivity index (χ4n) is 3.24. The Morgan fingerprint density at radius 1 is 1.29 bits per heavy atom. The lowest BCUT2D eigenvalue weighted by atomic mass is 10.2. The molecule has 0 aliphatic rings. The molecule has 4 heterocycles. The maximum atomic E-state index is 12.8. The van der Waals surface area contributed by atoms with Gasteiger partial charge in [0.05, 0.1) is 30.4 Å². The lowest BCUT2D eigenvalue weighted by molar-refractivity contribution is 0.100. The molecule has 4 aromatic heterocycles. The van der Waals surface area contributed by atoms with Gasteiger partial charge in [0, 0.05) is 15.0 Å². The van der Waals surface area contributed by atoms with E-state index in [2.05, 4.69) is 20.4 Å². The fourth-order valence-corrected chi connectivity index (χ4v) is 5.17. The highest BCUT2D eigenvalue weighted by Gasteiger charge is 2.17. The van der Waals surface area contributed by atoms with E-state index < -0.39 is 17.6 Å². The van der Waals surface area contributed by atoms with Crippen LogP contribution in [0.25, 0.3) is 20.3 Å². The quantitative estimate of drug-likeness (QED) is 0.397. The third-order valence-corrected chi connectivity index (χ3v) is 6.85. The number of primary amides is 1. The molecule has 0 aliphatic carbocycles. The minimum atomic E-state index is -0.788. The van der Waals surface area contributed by atoms with Gasteiger partial charge in [0.1, 0.15) is 10.9 Å². The van der Waals surface area contributed by atoms with Crippen LogP contribution in [0.15, 0.2) is 46.8 Å². The Kier molecular flexibility index (Phi) is 4.81. The largest absolute Gasteiger partial charge is 0.386 e. The minimum Gasteiger partial charge on any atom is -0.386 e. The van der Waals surface area contributed by atoms with Gasteiger partial charge in [0.25, 0.3) is 5.56 Å². The second-order valence-electron chi connectivity index (χ2n) is 6.83. The summed E-state index contributed by atoms with van der Waals surface area (Å²) in [6.07, 6.45) is 0.586. The second kappa shape index (κ2) is 7.65. The number of aliphatic hydroxyl groups is 1. The van der Waals surface area contributed by atoms with E-state index in [1.807, 2.05) is 30.3 Å². The number of hydrogen-bond acceptors (Lipinski definition) is 9. The summed E-state index contributed by atoms with van der Waals surface area (Å²) in [5.41, 5.74) is 5.10. The average Bonchev–Trinajstić information content (AvgIpc) is 3.47. The van der Waals surface area contributed by atoms with Crippen LogP contribution < -0.4 is 11.3 Å². The lowest BCUT2D eigenvalue weighted by Gasteiger charge is -2.06. The van der Waals surface area contributed by atoms with Gasteiger partial charge in [-0.1, -0.05) is 18.2 Å². The van der Waals surface area contributed by atoms with Crippen LogP contribution in [0.5, 0.6) is 0 Å². The van der Waals surface area contributed by atoms with Crippen molar-refractivity contribution < 1.29 is 9.90 Å². The van der Waals surface area contributed by atoms with Crippen molar-refractivity contribution in [1.82, 2.24) is 29.8 Å². The van der Waals surface area contributed by atoms with E-state index >= 15 is 0 Å². The van der Waals surface area contributed by atoms with Crippen molar-refractivity contribution >= 4 is 48.9 Å². The first-order valence-electron chi connectivity index (χ1n) is 9.19. The molecular formula is C19H15N7O3S2. The maximum absolute atomic E-state index is 12.8. The van der Waals surface area contributed by atoms with Crippen LogP contribution in [0.3, 0.4) is 0 Å². The smallest absolute Gasteiger partial charge is 0.263 e. The number of hydrogen-bond donors (Lipinski definition) is 2. The van der Waals surface area contributed by atoms with E-state index in [1.165, 1.54) is 43.7 Å². The molecule has 0 aliphatic heterocycles. The molecule has 1 amide bonds. The molecule has 10 nitrogen and oxygen atoms in total. The number of carbonyl (C=O) groups is 1. The van der Waals surface area contributed by atoms with Gasteiger partial charge in [0.2, 0.25) is 5.91 Å². The van der Waals surface area contributed by atoms with Crippen LogP contribution in [-0.2, 0) is 13.1 Å². The lowest BCUT2D eigenvalue weighted by Crippen LogP contribution is -2.23. The van der Waals surface area contributed by atoms with Crippen LogP contribution in [0.2, 0.25) is 0 Å². The van der Waals surface area contributed by atoms with Crippen LogP contribution in [0.1, 0.15) is 27.2 Å². The van der Waals surface area contributed by atoms with E-state index in [4.69, 9.17) is 5.73 Å². The van der Waals surface area contributed by atoms with Crippen LogP contribution in [0.4, 0.5) is 0 Å². The number of fused-ring (bicyclic) bond motifs is 2. The SMILES string of the molecule is NC(=O)c1csc2ncn(Cc3nnn(C[C@H](O)c4cc5ccccc5s4)n3)c(=O)c12. The van der Waals surface area contributed by atoms with Gasteiger partial charge in [-0.25, -0.2) is 4.98 Å². The van der Waals surface area contributed by atoms with Gasteiger partial charge in [-0.2, -0.15) is 4.80 Å². The molecule has 0 saturated heterocycles. The summed E-state index contributed by atoms with van der Waals surface area (Å²) in [6.45, 7) is 0.150. The van der Waals surface area contributed by atoms with Gasteiger partial charge in [-0.05, 0) is 22.7 Å². The molecule has 0 radical (unpaired) electrons. The number of amides is 1. The first-order chi connectivity index (χ1) is 15.0. The van der Waals surface area contributed by atoms with Gasteiger partial charge in [-0.15, -0.1) is 32.9 Å². The maximum Gasteiger partial charge on any atom is 0.263 e. The van der Waals surface area contributed by atoms with Crippen molar-refractivity contribution in [1.29, 1.82) is 0 Å². The molecule has 5 aromatic rings. The topological polar surface area (TPSA) is 142 Å². The van der Waals surface area contributed by atoms with E-state index in [-0.39, 0.29) is 29.9 Å². The molecule has 0 fully saturated rings. The number of nitrogens with zero attached hydrogens (tertiary/aromatic N) is 6. The predicted octanol–water partition coefficient (Wildman–Crippen LogP) is 1.54. The van der Waals surface area contributed by atoms with E-state index in [1.54, 1.807) is 0 Å². The van der Waals surface area contributed by atoms with Gasteiger partial charge < -0.3 is 10.8 Å². The number of thiophene rings is 2. The summed E-state index contributed by atoms with van der Waals surface area (Å²) in [4.78, 5) is 31.1. The summed E-state index contributed by atoms with van der Waals surface area (Å²) >= 11 is 2.69. The van der Waals surface area contributed by atoms with Crippen LogP contribution in [-0.4, -0.2) is 40.8 Å². The molecular weight excluding hydrogens is 438 g/mol. The number of carbonyl (C=O) groups excluding carboxylic acids is 1. The Balaban J connectivity index is 1.36. The monoisotopic (exact) mass is 453 g/mol. The third-order valence-electron chi connectivity index (χ3n) is 4.74. The Hall–Kier alpha value is -3.48. The second-order valence-corrected chi connectivity index (χ2v) is 8.81. The van der Waals surface area contributed by atoms with E-state index in [9.17, 15) is 14.7 Å². The molecule has 1 aromatic carbocycles. The number of tetrazole rings is 1. The average molecular weight is 454 g/mol. The molecule has 0 saturated carbocycles. The summed E-state index contributed by atoms with van der Waals surface area (Å²) in [5.74, 6) is -0.398. The normalized spacial score (nSPS) is 12.5. The Morgan fingerprint density at radius 3 is 2.94 bits per heavy atom. The van der Waals surface area contributed by atoms with Crippen molar-refractivity contribution in [3.8, 4) is 0 Å². The van der Waals surface area contributed by atoms with E-state index in [0.29, 0.717) is 4.83 Å². The minimum absolute atomic E-state index is 0.0226. The van der Waals surface area contributed by atoms with Crippen LogP contribution in [0, 0.1) is 0 Å². The number of aliphatic hydroxyl groups excluding tert-OH is 1. The zero-order valence-corrected chi connectivity index (χ0v) is 17.5. The molecule has 31 heavy (non-hydrogen) atoms. The molecule has 3 N–H and O–H groups in total. The highest BCUT2D eigenvalue weighted by atomic mass is 32.1. The first kappa shape index (κ1) is 19.5. The van der Waals surface area contributed by atoms with Gasteiger partial charge in [0.15, 0.2) is 5.82 Å². The molecule has 156 valence electrons. The number of aromatic nitrogens is 6.